The van der Waals surface area contributed by atoms with Crippen LogP contribution in [0.2, 0.25) is 0 Å². The number of rotatable bonds is 11. The van der Waals surface area contributed by atoms with Crippen molar-refractivity contribution < 1.29 is 9.21 Å². The topological polar surface area (TPSA) is 60.5 Å². The van der Waals surface area contributed by atoms with Gasteiger partial charge in [0.25, 0.3) is 0 Å². The summed E-state index contributed by atoms with van der Waals surface area (Å²) in [6, 6.07) is 23.8. The second kappa shape index (κ2) is 11.9. The zero-order valence-corrected chi connectivity index (χ0v) is 19.0. The quantitative estimate of drug-likeness (QED) is 0.433. The van der Waals surface area contributed by atoms with Gasteiger partial charge in [-0.15, -0.1) is 0 Å². The molecule has 32 heavy (non-hydrogen) atoms. The summed E-state index contributed by atoms with van der Waals surface area (Å²) in [5.74, 6) is 1.75. The Labute approximate surface area is 190 Å². The van der Waals surface area contributed by atoms with Crippen LogP contribution in [0.25, 0.3) is 0 Å². The number of nitrogens with zero attached hydrogens (tertiary/aromatic N) is 3. The van der Waals surface area contributed by atoms with Crippen molar-refractivity contribution in [2.24, 2.45) is 0 Å². The number of carbonyl (C=O) groups excluding carboxylic acids is 1. The fraction of sp³-hybridized carbons (Fsp3) is 0.333. The highest BCUT2D eigenvalue weighted by atomic mass is 16.3. The lowest BCUT2D eigenvalue weighted by Crippen LogP contribution is -2.41. The number of benzene rings is 2. The van der Waals surface area contributed by atoms with E-state index in [1.807, 2.05) is 66.4 Å². The third kappa shape index (κ3) is 7.11. The van der Waals surface area contributed by atoms with Crippen LogP contribution in [0.4, 0.5) is 0 Å². The van der Waals surface area contributed by atoms with Gasteiger partial charge >= 0.3 is 0 Å². The maximum Gasteiger partial charge on any atom is 0.237 e. The first-order valence-corrected chi connectivity index (χ1v) is 11.2. The molecule has 3 aromatic rings. The van der Waals surface area contributed by atoms with E-state index in [0.717, 1.165) is 36.5 Å². The Bertz CT molecular complexity index is 1020. The third-order valence-corrected chi connectivity index (χ3v) is 5.40. The Kier molecular flexibility index (Phi) is 8.65. The van der Waals surface area contributed by atoms with Gasteiger partial charge in [0.05, 0.1) is 24.7 Å². The zero-order valence-electron chi connectivity index (χ0n) is 19.0. The molecule has 0 spiro atoms. The van der Waals surface area contributed by atoms with Crippen molar-refractivity contribution in [3.63, 3.8) is 0 Å². The van der Waals surface area contributed by atoms with Crippen LogP contribution in [0, 0.1) is 18.3 Å². The minimum absolute atomic E-state index is 0.0945. The number of nitriles is 1. The molecule has 0 saturated heterocycles. The van der Waals surface area contributed by atoms with E-state index in [9.17, 15) is 4.79 Å². The molecule has 5 nitrogen and oxygen atoms in total. The number of carbonyl (C=O) groups is 1. The van der Waals surface area contributed by atoms with Crippen LogP contribution in [0.5, 0.6) is 0 Å². The molecule has 1 aromatic heterocycles. The first-order chi connectivity index (χ1) is 15.6. The molecular formula is C27H31N3O2. The van der Waals surface area contributed by atoms with E-state index < -0.39 is 0 Å². The van der Waals surface area contributed by atoms with Crippen molar-refractivity contribution in [3.05, 3.63) is 94.9 Å². The van der Waals surface area contributed by atoms with E-state index in [1.54, 1.807) is 0 Å². The highest BCUT2D eigenvalue weighted by Crippen LogP contribution is 2.13. The molecule has 0 aliphatic heterocycles. The number of amides is 1. The number of hydrogen-bond acceptors (Lipinski definition) is 4. The van der Waals surface area contributed by atoms with Crippen LogP contribution in [0.3, 0.4) is 0 Å². The Morgan fingerprint density at radius 3 is 2.31 bits per heavy atom. The van der Waals surface area contributed by atoms with Crippen molar-refractivity contribution in [2.45, 2.75) is 39.8 Å². The minimum Gasteiger partial charge on any atom is -0.464 e. The summed E-state index contributed by atoms with van der Waals surface area (Å²) in [7, 11) is 0. The fourth-order valence-corrected chi connectivity index (χ4v) is 3.72. The molecule has 3 rings (SSSR count). The average molecular weight is 430 g/mol. The van der Waals surface area contributed by atoms with Gasteiger partial charge in [-0.3, -0.25) is 9.69 Å². The summed E-state index contributed by atoms with van der Waals surface area (Å²) >= 11 is 0. The predicted octanol–water partition coefficient (Wildman–Crippen LogP) is 4.94. The van der Waals surface area contributed by atoms with Crippen molar-refractivity contribution in [3.8, 4) is 6.07 Å². The van der Waals surface area contributed by atoms with Crippen LogP contribution in [-0.4, -0.2) is 35.3 Å². The molecule has 1 heterocycles. The van der Waals surface area contributed by atoms with Crippen LogP contribution in [-0.2, 0) is 24.3 Å². The van der Waals surface area contributed by atoms with E-state index in [1.165, 1.54) is 5.56 Å². The second-order valence-corrected chi connectivity index (χ2v) is 8.08. The van der Waals surface area contributed by atoms with Crippen LogP contribution >= 0.6 is 0 Å². The Morgan fingerprint density at radius 2 is 1.69 bits per heavy atom. The summed E-state index contributed by atoms with van der Waals surface area (Å²) in [6.07, 6.45) is 1.76. The number of aryl methyl sites for hydroxylation is 1. The van der Waals surface area contributed by atoms with Crippen LogP contribution in [0.1, 0.15) is 41.6 Å². The molecule has 0 fully saturated rings. The molecular weight excluding hydrogens is 398 g/mol. The summed E-state index contributed by atoms with van der Waals surface area (Å²) < 4.78 is 5.75. The van der Waals surface area contributed by atoms with Gasteiger partial charge in [0, 0.05) is 13.1 Å². The highest BCUT2D eigenvalue weighted by Gasteiger charge is 2.19. The molecule has 0 unspecified atom stereocenters. The number of furan rings is 1. The summed E-state index contributed by atoms with van der Waals surface area (Å²) in [4.78, 5) is 17.4. The van der Waals surface area contributed by atoms with E-state index in [-0.39, 0.29) is 5.91 Å². The average Bonchev–Trinajstić information content (AvgIpc) is 3.22. The fourth-order valence-electron chi connectivity index (χ4n) is 3.72. The second-order valence-electron chi connectivity index (χ2n) is 8.08. The van der Waals surface area contributed by atoms with Crippen molar-refractivity contribution >= 4 is 5.91 Å². The Hall–Kier alpha value is -3.36. The van der Waals surface area contributed by atoms with Gasteiger partial charge in [-0.25, -0.2) is 0 Å². The Morgan fingerprint density at radius 1 is 0.938 bits per heavy atom. The first-order valence-electron chi connectivity index (χ1n) is 11.2. The summed E-state index contributed by atoms with van der Waals surface area (Å²) in [6.45, 7) is 7.00. The monoisotopic (exact) mass is 429 g/mol. The molecule has 0 bridgehead atoms. The highest BCUT2D eigenvalue weighted by molar-refractivity contribution is 5.78. The largest absolute Gasteiger partial charge is 0.464 e. The van der Waals surface area contributed by atoms with E-state index in [2.05, 4.69) is 30.0 Å². The molecule has 166 valence electrons. The van der Waals surface area contributed by atoms with E-state index >= 15 is 0 Å². The molecule has 5 heteroatoms. The molecule has 0 atom stereocenters. The zero-order chi connectivity index (χ0) is 22.8. The number of hydrogen-bond donors (Lipinski definition) is 0. The van der Waals surface area contributed by atoms with Crippen LogP contribution in [0.15, 0.2) is 71.1 Å². The molecule has 2 aromatic carbocycles. The van der Waals surface area contributed by atoms with E-state index in [0.29, 0.717) is 31.7 Å². The maximum atomic E-state index is 13.4. The SMILES string of the molecule is CCCN(CC(=O)N(CCc1ccccc1)Cc1ccc(C)o1)Cc1ccc(C#N)cc1. The predicted molar refractivity (Wildman–Crippen MR) is 126 cm³/mol. The van der Waals surface area contributed by atoms with Gasteiger partial charge < -0.3 is 9.32 Å². The lowest BCUT2D eigenvalue weighted by molar-refractivity contribution is -0.133. The minimum atomic E-state index is 0.0945. The standard InChI is InChI=1S/C27H31N3O2/c1-3-16-29(19-25-12-10-24(18-28)11-13-25)21-27(31)30(20-26-14-9-22(2)32-26)17-15-23-7-5-4-6-8-23/h4-14H,3,15-17,19-21H2,1-2H3. The molecule has 1 amide bonds. The lowest BCUT2D eigenvalue weighted by Gasteiger charge is -2.27. The van der Waals surface area contributed by atoms with Crippen molar-refractivity contribution in [1.29, 1.82) is 5.26 Å². The Balaban J connectivity index is 1.69. The molecule has 0 aliphatic rings. The maximum absolute atomic E-state index is 13.4. The molecule has 0 aliphatic carbocycles. The summed E-state index contributed by atoms with van der Waals surface area (Å²) in [5.41, 5.74) is 2.96. The van der Waals surface area contributed by atoms with Gasteiger partial charge in [-0.05, 0) is 61.7 Å². The summed E-state index contributed by atoms with van der Waals surface area (Å²) in [5, 5.41) is 9.01. The van der Waals surface area contributed by atoms with Crippen molar-refractivity contribution in [2.75, 3.05) is 19.6 Å². The van der Waals surface area contributed by atoms with E-state index in [4.69, 9.17) is 9.68 Å². The lowest BCUT2D eigenvalue weighted by atomic mass is 10.1. The molecule has 0 N–H and O–H groups in total. The molecule has 0 radical (unpaired) electrons. The van der Waals surface area contributed by atoms with Gasteiger partial charge in [-0.1, -0.05) is 49.4 Å². The van der Waals surface area contributed by atoms with Gasteiger partial charge in [-0.2, -0.15) is 5.26 Å². The molecule has 0 saturated carbocycles. The van der Waals surface area contributed by atoms with Gasteiger partial charge in [0.2, 0.25) is 5.91 Å². The van der Waals surface area contributed by atoms with Gasteiger partial charge in [0.1, 0.15) is 11.5 Å². The first kappa shape index (κ1) is 23.3. The van der Waals surface area contributed by atoms with Gasteiger partial charge in [0.15, 0.2) is 0 Å². The third-order valence-electron chi connectivity index (χ3n) is 5.40. The van der Waals surface area contributed by atoms with Crippen LogP contribution < -0.4 is 0 Å². The smallest absolute Gasteiger partial charge is 0.237 e. The van der Waals surface area contributed by atoms with Crippen molar-refractivity contribution in [1.82, 2.24) is 9.80 Å². The normalized spacial score (nSPS) is 10.8.